The molecule has 0 spiro atoms. The second-order valence-electron chi connectivity index (χ2n) is 5.65. The minimum Gasteiger partial charge on any atom is -0.478 e. The van der Waals surface area contributed by atoms with E-state index in [1.807, 2.05) is 32.9 Å². The van der Waals surface area contributed by atoms with Crippen LogP contribution in [0.4, 0.5) is 0 Å². The second kappa shape index (κ2) is 8.11. The van der Waals surface area contributed by atoms with Crippen LogP contribution in [0, 0.1) is 11.3 Å². The van der Waals surface area contributed by atoms with Crippen molar-refractivity contribution >= 4 is 5.91 Å². The average Bonchev–Trinajstić information content (AvgIpc) is 2.60. The number of ether oxygens (including phenoxy) is 1. The fraction of sp³-hybridized carbons (Fsp3) is 0.316. The number of carbonyl (C=O) groups excluding carboxylic acids is 1. The van der Waals surface area contributed by atoms with Crippen LogP contribution in [0.2, 0.25) is 0 Å². The van der Waals surface area contributed by atoms with Crippen LogP contribution in [0.25, 0.3) is 0 Å². The molecule has 1 aromatic heterocycles. The first-order valence-electron chi connectivity index (χ1n) is 7.94. The van der Waals surface area contributed by atoms with Gasteiger partial charge >= 0.3 is 0 Å². The average molecular weight is 323 g/mol. The number of hydrogen-bond acceptors (Lipinski definition) is 4. The zero-order chi connectivity index (χ0) is 17.5. The van der Waals surface area contributed by atoms with E-state index in [1.165, 1.54) is 0 Å². The smallest absolute Gasteiger partial charge is 0.255 e. The molecule has 0 bridgehead atoms. The molecule has 0 atom stereocenters. The summed E-state index contributed by atoms with van der Waals surface area (Å²) in [7, 11) is 0. The minimum atomic E-state index is -0.0788. The van der Waals surface area contributed by atoms with E-state index in [2.05, 4.69) is 11.1 Å². The number of aromatic nitrogens is 1. The Bertz CT molecular complexity index is 716. The zero-order valence-electron chi connectivity index (χ0n) is 14.2. The normalized spacial score (nSPS) is 10.3. The molecule has 2 rings (SSSR count). The Labute approximate surface area is 142 Å². The van der Waals surface area contributed by atoms with Gasteiger partial charge in [-0.05, 0) is 44.5 Å². The van der Waals surface area contributed by atoms with Gasteiger partial charge in [0, 0.05) is 24.8 Å². The van der Waals surface area contributed by atoms with E-state index in [0.29, 0.717) is 30.2 Å². The third-order valence-electron chi connectivity index (χ3n) is 3.60. The van der Waals surface area contributed by atoms with E-state index in [1.54, 1.807) is 35.4 Å². The van der Waals surface area contributed by atoms with Crippen LogP contribution in [0.1, 0.15) is 42.3 Å². The number of carbonyl (C=O) groups is 1. The summed E-state index contributed by atoms with van der Waals surface area (Å²) in [5, 5.41) is 8.86. The van der Waals surface area contributed by atoms with Crippen molar-refractivity contribution in [2.45, 2.75) is 33.4 Å². The lowest BCUT2D eigenvalue weighted by Crippen LogP contribution is -2.36. The number of nitriles is 1. The van der Waals surface area contributed by atoms with Crippen LogP contribution >= 0.6 is 0 Å². The first-order chi connectivity index (χ1) is 11.5. The number of benzene rings is 1. The quantitative estimate of drug-likeness (QED) is 0.817. The van der Waals surface area contributed by atoms with Gasteiger partial charge in [-0.15, -0.1) is 0 Å². The molecular weight excluding hydrogens is 302 g/mol. The maximum absolute atomic E-state index is 12.8. The molecule has 0 saturated carbocycles. The number of nitrogens with zero attached hydrogens (tertiary/aromatic N) is 3. The molecule has 0 N–H and O–H groups in total. The van der Waals surface area contributed by atoms with Crippen LogP contribution in [-0.2, 0) is 6.54 Å². The van der Waals surface area contributed by atoms with Crippen molar-refractivity contribution in [1.29, 1.82) is 5.26 Å². The van der Waals surface area contributed by atoms with Gasteiger partial charge in [0.15, 0.2) is 0 Å². The van der Waals surface area contributed by atoms with Gasteiger partial charge in [-0.3, -0.25) is 4.79 Å². The lowest BCUT2D eigenvalue weighted by molar-refractivity contribution is 0.0690. The van der Waals surface area contributed by atoms with Crippen LogP contribution in [-0.4, -0.2) is 28.4 Å². The Balaban J connectivity index is 2.16. The topological polar surface area (TPSA) is 66.2 Å². The van der Waals surface area contributed by atoms with Gasteiger partial charge in [0.1, 0.15) is 0 Å². The Morgan fingerprint density at radius 3 is 2.46 bits per heavy atom. The lowest BCUT2D eigenvalue weighted by atomic mass is 10.1. The van der Waals surface area contributed by atoms with E-state index < -0.39 is 0 Å². The van der Waals surface area contributed by atoms with Crippen LogP contribution in [0.3, 0.4) is 0 Å². The summed E-state index contributed by atoms with van der Waals surface area (Å²) in [5.41, 5.74) is 2.12. The van der Waals surface area contributed by atoms with Crippen LogP contribution < -0.4 is 4.74 Å². The van der Waals surface area contributed by atoms with Gasteiger partial charge in [0.25, 0.3) is 5.91 Å². The van der Waals surface area contributed by atoms with Crippen LogP contribution in [0.15, 0.2) is 42.6 Å². The predicted molar refractivity (Wildman–Crippen MR) is 91.6 cm³/mol. The Hall–Kier alpha value is -2.87. The SMILES string of the molecule is CCOc1ccc(C(=O)N(Cc2ccc(C#N)cc2)C(C)C)cn1. The molecule has 0 saturated heterocycles. The van der Waals surface area contributed by atoms with Crippen molar-refractivity contribution in [3.63, 3.8) is 0 Å². The van der Waals surface area contributed by atoms with Gasteiger partial charge in [-0.1, -0.05) is 12.1 Å². The highest BCUT2D eigenvalue weighted by Gasteiger charge is 2.19. The molecule has 24 heavy (non-hydrogen) atoms. The third kappa shape index (κ3) is 4.32. The van der Waals surface area contributed by atoms with Crippen LogP contribution in [0.5, 0.6) is 5.88 Å². The summed E-state index contributed by atoms with van der Waals surface area (Å²) >= 11 is 0. The standard InChI is InChI=1S/C19H21N3O2/c1-4-24-18-10-9-17(12-21-18)19(23)22(14(2)3)13-16-7-5-15(11-20)6-8-16/h5-10,12,14H,4,13H2,1-3H3. The molecule has 1 aromatic carbocycles. The summed E-state index contributed by atoms with van der Waals surface area (Å²) in [4.78, 5) is 18.7. The maximum Gasteiger partial charge on any atom is 0.255 e. The molecule has 1 amide bonds. The van der Waals surface area contributed by atoms with Crippen molar-refractivity contribution in [1.82, 2.24) is 9.88 Å². The van der Waals surface area contributed by atoms with E-state index in [9.17, 15) is 4.79 Å². The van der Waals surface area contributed by atoms with E-state index in [4.69, 9.17) is 10.00 Å². The highest BCUT2D eigenvalue weighted by molar-refractivity contribution is 5.94. The first-order valence-corrected chi connectivity index (χ1v) is 7.94. The summed E-state index contributed by atoms with van der Waals surface area (Å²) in [6.45, 7) is 6.86. The van der Waals surface area contributed by atoms with Gasteiger partial charge in [-0.2, -0.15) is 5.26 Å². The molecule has 2 aromatic rings. The zero-order valence-corrected chi connectivity index (χ0v) is 14.2. The molecule has 0 unspecified atom stereocenters. The molecule has 0 fully saturated rings. The van der Waals surface area contributed by atoms with Gasteiger partial charge in [0.2, 0.25) is 5.88 Å². The van der Waals surface area contributed by atoms with Gasteiger partial charge in [-0.25, -0.2) is 4.98 Å². The van der Waals surface area contributed by atoms with Gasteiger partial charge < -0.3 is 9.64 Å². The predicted octanol–water partition coefficient (Wildman–Crippen LogP) is 3.40. The molecule has 5 heteroatoms. The van der Waals surface area contributed by atoms with Crippen molar-refractivity contribution in [3.05, 3.63) is 59.3 Å². The van der Waals surface area contributed by atoms with Crippen molar-refractivity contribution < 1.29 is 9.53 Å². The molecule has 124 valence electrons. The Morgan fingerprint density at radius 2 is 1.96 bits per heavy atom. The highest BCUT2D eigenvalue weighted by atomic mass is 16.5. The minimum absolute atomic E-state index is 0.0414. The number of rotatable bonds is 6. The highest BCUT2D eigenvalue weighted by Crippen LogP contribution is 2.15. The Morgan fingerprint density at radius 1 is 1.25 bits per heavy atom. The Kier molecular flexibility index (Phi) is 5.91. The number of hydrogen-bond donors (Lipinski definition) is 0. The fourth-order valence-corrected chi connectivity index (χ4v) is 2.28. The fourth-order valence-electron chi connectivity index (χ4n) is 2.28. The summed E-state index contributed by atoms with van der Waals surface area (Å²) in [6, 6.07) is 12.8. The third-order valence-corrected chi connectivity index (χ3v) is 3.60. The molecular formula is C19H21N3O2. The second-order valence-corrected chi connectivity index (χ2v) is 5.65. The molecule has 1 heterocycles. The lowest BCUT2D eigenvalue weighted by Gasteiger charge is -2.27. The van der Waals surface area contributed by atoms with E-state index in [-0.39, 0.29) is 11.9 Å². The van der Waals surface area contributed by atoms with E-state index >= 15 is 0 Å². The molecule has 0 aliphatic carbocycles. The largest absolute Gasteiger partial charge is 0.478 e. The van der Waals surface area contributed by atoms with Gasteiger partial charge in [0.05, 0.1) is 23.8 Å². The summed E-state index contributed by atoms with van der Waals surface area (Å²) in [5.74, 6) is 0.433. The molecule has 5 nitrogen and oxygen atoms in total. The van der Waals surface area contributed by atoms with E-state index in [0.717, 1.165) is 5.56 Å². The summed E-state index contributed by atoms with van der Waals surface area (Å²) in [6.07, 6.45) is 1.54. The maximum atomic E-state index is 12.8. The molecule has 0 radical (unpaired) electrons. The first kappa shape index (κ1) is 17.5. The summed E-state index contributed by atoms with van der Waals surface area (Å²) < 4.78 is 5.30. The number of pyridine rings is 1. The number of amides is 1. The van der Waals surface area contributed by atoms with Crippen molar-refractivity contribution in [3.8, 4) is 11.9 Å². The molecule has 0 aliphatic rings. The molecule has 0 aliphatic heterocycles. The van der Waals surface area contributed by atoms with Crippen molar-refractivity contribution in [2.24, 2.45) is 0 Å². The van der Waals surface area contributed by atoms with Crippen molar-refractivity contribution in [2.75, 3.05) is 6.61 Å². The monoisotopic (exact) mass is 323 g/mol.